The van der Waals surface area contributed by atoms with E-state index in [4.69, 9.17) is 10.5 Å². The summed E-state index contributed by atoms with van der Waals surface area (Å²) >= 11 is 0. The molecule has 0 saturated carbocycles. The number of aromatic amines is 1. The van der Waals surface area contributed by atoms with Crippen LogP contribution >= 0.6 is 0 Å². The summed E-state index contributed by atoms with van der Waals surface area (Å²) in [5.41, 5.74) is 7.72. The molecule has 3 N–H and O–H groups in total. The van der Waals surface area contributed by atoms with Crippen LogP contribution in [0.5, 0.6) is 5.75 Å². The predicted molar refractivity (Wildman–Crippen MR) is 71.9 cm³/mol. The van der Waals surface area contributed by atoms with Crippen LogP contribution in [0.2, 0.25) is 0 Å². The Morgan fingerprint density at radius 1 is 1.37 bits per heavy atom. The number of fused-ring (bicyclic) bond motifs is 1. The number of carbonyl (C=O) groups is 1. The van der Waals surface area contributed by atoms with E-state index < -0.39 is 0 Å². The molecule has 0 aliphatic carbocycles. The number of nitrogens with zero attached hydrogens (tertiary/aromatic N) is 1. The number of carbonyl (C=O) groups excluding carboxylic acids is 1. The zero-order valence-electron chi connectivity index (χ0n) is 10.4. The first kappa shape index (κ1) is 11.6. The van der Waals surface area contributed by atoms with Gasteiger partial charge in [0.25, 0.3) is 5.91 Å². The predicted octanol–water partition coefficient (Wildman–Crippen LogP) is 1.63. The van der Waals surface area contributed by atoms with Crippen molar-refractivity contribution in [3.05, 3.63) is 47.8 Å². The summed E-state index contributed by atoms with van der Waals surface area (Å²) in [4.78, 5) is 17.0. The lowest BCUT2D eigenvalue weighted by molar-refractivity contribution is 0.0728. The van der Waals surface area contributed by atoms with Gasteiger partial charge in [-0.2, -0.15) is 0 Å². The third-order valence-electron chi connectivity index (χ3n) is 3.18. The minimum atomic E-state index is -0.0583. The van der Waals surface area contributed by atoms with E-state index in [0.29, 0.717) is 31.1 Å². The van der Waals surface area contributed by atoms with E-state index in [1.807, 2.05) is 24.3 Å². The largest absolute Gasteiger partial charge is 0.491 e. The number of aromatic nitrogens is 1. The number of benzene rings is 1. The number of anilines is 1. The maximum Gasteiger partial charge on any atom is 0.270 e. The van der Waals surface area contributed by atoms with Gasteiger partial charge in [0.1, 0.15) is 18.1 Å². The second kappa shape index (κ2) is 4.68. The average molecular weight is 257 g/mol. The van der Waals surface area contributed by atoms with Crippen molar-refractivity contribution in [1.29, 1.82) is 0 Å². The number of amides is 1. The highest BCUT2D eigenvalue weighted by Crippen LogP contribution is 2.23. The van der Waals surface area contributed by atoms with Crippen molar-refractivity contribution in [1.82, 2.24) is 9.88 Å². The van der Waals surface area contributed by atoms with Crippen molar-refractivity contribution in [2.24, 2.45) is 0 Å². The van der Waals surface area contributed by atoms with Crippen LogP contribution in [0, 0.1) is 0 Å². The summed E-state index contributed by atoms with van der Waals surface area (Å²) in [6.07, 6.45) is 1.62. The highest BCUT2D eigenvalue weighted by molar-refractivity contribution is 5.93. The molecule has 0 fully saturated rings. The van der Waals surface area contributed by atoms with Crippen molar-refractivity contribution < 1.29 is 9.53 Å². The molecule has 1 aliphatic heterocycles. The van der Waals surface area contributed by atoms with Crippen LogP contribution in [0.1, 0.15) is 16.1 Å². The SMILES string of the molecule is Nc1c[nH]c(C(=O)N2CCOc3ccccc3C2)c1. The first-order chi connectivity index (χ1) is 9.24. The Morgan fingerprint density at radius 2 is 2.21 bits per heavy atom. The Hall–Kier alpha value is -2.43. The number of para-hydroxylation sites is 1. The van der Waals surface area contributed by atoms with Gasteiger partial charge in [-0.15, -0.1) is 0 Å². The van der Waals surface area contributed by atoms with Crippen molar-refractivity contribution >= 4 is 11.6 Å². The summed E-state index contributed by atoms with van der Waals surface area (Å²) in [6, 6.07) is 9.44. The molecule has 19 heavy (non-hydrogen) atoms. The molecule has 1 aromatic heterocycles. The van der Waals surface area contributed by atoms with E-state index >= 15 is 0 Å². The Balaban J connectivity index is 1.84. The van der Waals surface area contributed by atoms with Gasteiger partial charge in [-0.1, -0.05) is 18.2 Å². The maximum absolute atomic E-state index is 12.4. The first-order valence-electron chi connectivity index (χ1n) is 6.18. The molecule has 0 atom stereocenters. The number of nitrogen functional groups attached to an aromatic ring is 1. The van der Waals surface area contributed by atoms with Gasteiger partial charge in [0.2, 0.25) is 0 Å². The van der Waals surface area contributed by atoms with E-state index in [1.165, 1.54) is 0 Å². The number of rotatable bonds is 1. The van der Waals surface area contributed by atoms with Gasteiger partial charge in [0.05, 0.1) is 6.54 Å². The fraction of sp³-hybridized carbons (Fsp3) is 0.214. The van der Waals surface area contributed by atoms with Crippen molar-refractivity contribution in [2.75, 3.05) is 18.9 Å². The molecule has 2 aromatic rings. The summed E-state index contributed by atoms with van der Waals surface area (Å²) in [6.45, 7) is 1.61. The second-order valence-electron chi connectivity index (χ2n) is 4.53. The molecule has 5 nitrogen and oxygen atoms in total. The zero-order valence-corrected chi connectivity index (χ0v) is 10.4. The van der Waals surface area contributed by atoms with E-state index in [0.717, 1.165) is 11.3 Å². The normalized spacial score (nSPS) is 14.4. The average Bonchev–Trinajstić information content (AvgIpc) is 2.74. The van der Waals surface area contributed by atoms with Crippen molar-refractivity contribution in [3.8, 4) is 5.75 Å². The van der Waals surface area contributed by atoms with Gasteiger partial charge in [-0.3, -0.25) is 4.79 Å². The monoisotopic (exact) mass is 257 g/mol. The van der Waals surface area contributed by atoms with Gasteiger partial charge in [-0.25, -0.2) is 0 Å². The molecule has 0 spiro atoms. The second-order valence-corrected chi connectivity index (χ2v) is 4.53. The lowest BCUT2D eigenvalue weighted by atomic mass is 10.2. The smallest absolute Gasteiger partial charge is 0.270 e. The van der Waals surface area contributed by atoms with Gasteiger partial charge < -0.3 is 20.4 Å². The standard InChI is InChI=1S/C14H15N3O2/c15-11-7-12(16-8-11)14(18)17-5-6-19-13-4-2-1-3-10(13)9-17/h1-4,7-8,16H,5-6,9,15H2. The molecule has 1 aliphatic rings. The minimum Gasteiger partial charge on any atom is -0.491 e. The lowest BCUT2D eigenvalue weighted by Crippen LogP contribution is -2.32. The van der Waals surface area contributed by atoms with Crippen LogP contribution in [-0.4, -0.2) is 28.9 Å². The maximum atomic E-state index is 12.4. The summed E-state index contributed by atoms with van der Waals surface area (Å²) in [5.74, 6) is 0.792. The molecule has 0 bridgehead atoms. The molecule has 0 unspecified atom stereocenters. The minimum absolute atomic E-state index is 0.0583. The molecule has 5 heteroatoms. The number of hydrogen-bond acceptors (Lipinski definition) is 3. The Morgan fingerprint density at radius 3 is 3.00 bits per heavy atom. The number of nitrogens with two attached hydrogens (primary N) is 1. The molecule has 0 saturated heterocycles. The number of ether oxygens (including phenoxy) is 1. The zero-order chi connectivity index (χ0) is 13.2. The first-order valence-corrected chi connectivity index (χ1v) is 6.18. The topological polar surface area (TPSA) is 71.4 Å². The summed E-state index contributed by atoms with van der Waals surface area (Å²) < 4.78 is 5.64. The summed E-state index contributed by atoms with van der Waals surface area (Å²) in [5, 5.41) is 0. The number of nitrogens with one attached hydrogen (secondary N) is 1. The molecule has 0 radical (unpaired) electrons. The Labute approximate surface area is 111 Å². The molecule has 1 amide bonds. The van der Waals surface area contributed by atoms with E-state index in [1.54, 1.807) is 17.2 Å². The van der Waals surface area contributed by atoms with Gasteiger partial charge in [0, 0.05) is 24.0 Å². The third-order valence-corrected chi connectivity index (χ3v) is 3.18. The third kappa shape index (κ3) is 2.27. The van der Waals surface area contributed by atoms with Crippen molar-refractivity contribution in [2.45, 2.75) is 6.54 Å². The quantitative estimate of drug-likeness (QED) is 0.815. The van der Waals surface area contributed by atoms with Crippen molar-refractivity contribution in [3.63, 3.8) is 0 Å². The number of hydrogen-bond donors (Lipinski definition) is 2. The molecule has 1 aromatic carbocycles. The fourth-order valence-corrected chi connectivity index (χ4v) is 2.20. The van der Waals surface area contributed by atoms with Crippen LogP contribution in [0.4, 0.5) is 5.69 Å². The van der Waals surface area contributed by atoms with Crippen LogP contribution in [-0.2, 0) is 6.54 Å². The lowest BCUT2D eigenvalue weighted by Gasteiger charge is -2.18. The van der Waals surface area contributed by atoms with Crippen LogP contribution in [0.15, 0.2) is 36.5 Å². The van der Waals surface area contributed by atoms with E-state index in [9.17, 15) is 4.79 Å². The molecular weight excluding hydrogens is 242 g/mol. The Bertz CT molecular complexity index is 606. The molecular formula is C14H15N3O2. The molecule has 3 rings (SSSR count). The van der Waals surface area contributed by atoms with Gasteiger partial charge in [0.15, 0.2) is 0 Å². The fourth-order valence-electron chi connectivity index (χ4n) is 2.20. The van der Waals surface area contributed by atoms with Gasteiger partial charge >= 0.3 is 0 Å². The number of H-pyrrole nitrogens is 1. The van der Waals surface area contributed by atoms with Crippen LogP contribution < -0.4 is 10.5 Å². The van der Waals surface area contributed by atoms with Crippen LogP contribution in [0.3, 0.4) is 0 Å². The summed E-state index contributed by atoms with van der Waals surface area (Å²) in [7, 11) is 0. The van der Waals surface area contributed by atoms with Gasteiger partial charge in [-0.05, 0) is 12.1 Å². The van der Waals surface area contributed by atoms with E-state index in [2.05, 4.69) is 4.98 Å². The molecule has 2 heterocycles. The highest BCUT2D eigenvalue weighted by atomic mass is 16.5. The van der Waals surface area contributed by atoms with E-state index in [-0.39, 0.29) is 5.91 Å². The van der Waals surface area contributed by atoms with Crippen LogP contribution in [0.25, 0.3) is 0 Å². The Kier molecular flexibility index (Phi) is 2.87. The highest BCUT2D eigenvalue weighted by Gasteiger charge is 2.21. The molecule has 98 valence electrons.